The molecular formula is C37H53N3O9S. The Morgan fingerprint density at radius 1 is 1.08 bits per heavy atom. The van der Waals surface area contributed by atoms with Gasteiger partial charge in [-0.25, -0.2) is 12.7 Å². The van der Waals surface area contributed by atoms with Crippen LogP contribution in [0.4, 0.5) is 0 Å². The minimum atomic E-state index is -3.51. The van der Waals surface area contributed by atoms with Gasteiger partial charge in [0.15, 0.2) is 0 Å². The van der Waals surface area contributed by atoms with E-state index in [1.165, 1.54) is 27.1 Å². The molecule has 50 heavy (non-hydrogen) atoms. The van der Waals surface area contributed by atoms with Crippen LogP contribution in [0.3, 0.4) is 0 Å². The van der Waals surface area contributed by atoms with Gasteiger partial charge >= 0.3 is 5.97 Å². The van der Waals surface area contributed by atoms with Gasteiger partial charge in [0, 0.05) is 46.5 Å². The second kappa shape index (κ2) is 17.2. The molecule has 0 aliphatic carbocycles. The first-order valence-corrected chi connectivity index (χ1v) is 18.7. The van der Waals surface area contributed by atoms with Gasteiger partial charge in [-0.1, -0.05) is 42.9 Å². The molecule has 2 amide bonds. The molecule has 0 bridgehead atoms. The number of amides is 2. The Labute approximate surface area is 296 Å². The van der Waals surface area contributed by atoms with Crippen LogP contribution in [0.25, 0.3) is 0 Å². The Kier molecular flexibility index (Phi) is 13.6. The summed E-state index contributed by atoms with van der Waals surface area (Å²) >= 11 is 0. The van der Waals surface area contributed by atoms with Crippen LogP contribution < -0.4 is 10.6 Å². The number of carbonyl (C=O) groups excluding carboxylic acids is 3. The summed E-state index contributed by atoms with van der Waals surface area (Å²) in [5, 5.41) is 5.94. The minimum absolute atomic E-state index is 0.0157. The van der Waals surface area contributed by atoms with Crippen LogP contribution in [0, 0.1) is 5.92 Å². The van der Waals surface area contributed by atoms with Crippen LogP contribution in [0.1, 0.15) is 72.3 Å². The molecule has 0 saturated carbocycles. The highest BCUT2D eigenvalue weighted by Crippen LogP contribution is 2.43. The number of allylic oxidation sites excluding steroid dienone is 2. The van der Waals surface area contributed by atoms with Crippen molar-refractivity contribution in [3.8, 4) is 0 Å². The highest BCUT2D eigenvalue weighted by Gasteiger charge is 2.51. The molecule has 3 aliphatic rings. The zero-order valence-electron chi connectivity index (χ0n) is 30.2. The van der Waals surface area contributed by atoms with E-state index in [1.54, 1.807) is 37.3 Å². The van der Waals surface area contributed by atoms with E-state index >= 15 is 0 Å². The molecule has 1 spiro atoms. The van der Waals surface area contributed by atoms with Crippen LogP contribution in [-0.4, -0.2) is 93.4 Å². The van der Waals surface area contributed by atoms with Crippen LogP contribution in [0.2, 0.25) is 0 Å². The molecule has 3 saturated heterocycles. The van der Waals surface area contributed by atoms with Crippen LogP contribution in [0.5, 0.6) is 0 Å². The third-order valence-electron chi connectivity index (χ3n) is 9.36. The Bertz CT molecular complexity index is 1550. The third-order valence-corrected chi connectivity index (χ3v) is 11.2. The Hall–Kier alpha value is -3.36. The molecule has 1 aromatic rings. The maximum Gasteiger partial charge on any atom is 0.303 e. The molecule has 13 heteroatoms. The maximum atomic E-state index is 12.8. The van der Waals surface area contributed by atoms with Crippen LogP contribution >= 0.6 is 0 Å². The number of sulfonamides is 1. The van der Waals surface area contributed by atoms with E-state index in [9.17, 15) is 22.8 Å². The number of nitrogens with zero attached hydrogens (tertiary/aromatic N) is 1. The van der Waals surface area contributed by atoms with Crippen molar-refractivity contribution in [1.29, 1.82) is 0 Å². The highest BCUT2D eigenvalue weighted by molar-refractivity contribution is 7.89. The number of epoxide rings is 1. The van der Waals surface area contributed by atoms with E-state index in [4.69, 9.17) is 18.9 Å². The number of ether oxygens (including phenoxy) is 4. The van der Waals surface area contributed by atoms with E-state index < -0.39 is 22.1 Å². The zero-order valence-corrected chi connectivity index (χ0v) is 31.0. The summed E-state index contributed by atoms with van der Waals surface area (Å²) in [5.74, 6) is -0.552. The third kappa shape index (κ3) is 11.6. The van der Waals surface area contributed by atoms with Crippen LogP contribution in [-0.2, 0) is 49.9 Å². The van der Waals surface area contributed by atoms with Crippen molar-refractivity contribution in [2.24, 2.45) is 5.92 Å². The molecule has 8 atom stereocenters. The maximum absolute atomic E-state index is 12.8. The average molecular weight is 716 g/mol. The SMILES string of the molecule is CC(=O)OC(C)/C=C\C(=O)N[C@@H]1C[C@H](C)[C@H](C/C=C(C)/C=C/[C@@H]2C[C@]3(CO3)C[C@@H](CC(=O)NCc3ccc(S(=O)(=O)N(C)C)cc3)O2)O[C@@H]1C. The van der Waals surface area contributed by atoms with Gasteiger partial charge in [-0.15, -0.1) is 0 Å². The quantitative estimate of drug-likeness (QED) is 0.126. The summed E-state index contributed by atoms with van der Waals surface area (Å²) in [7, 11) is -0.534. The second-order valence-corrected chi connectivity index (χ2v) is 16.2. The molecule has 3 heterocycles. The number of esters is 1. The molecule has 4 rings (SSSR count). The predicted molar refractivity (Wildman–Crippen MR) is 188 cm³/mol. The Balaban J connectivity index is 1.22. The summed E-state index contributed by atoms with van der Waals surface area (Å²) in [5.41, 5.74) is 1.64. The van der Waals surface area contributed by atoms with Crippen molar-refractivity contribution in [1.82, 2.24) is 14.9 Å². The van der Waals surface area contributed by atoms with Gasteiger partial charge in [-0.05, 0) is 63.3 Å². The average Bonchev–Trinajstić information content (AvgIpc) is 3.79. The fraction of sp³-hybridized carbons (Fsp3) is 0.595. The predicted octanol–water partition coefficient (Wildman–Crippen LogP) is 3.96. The summed E-state index contributed by atoms with van der Waals surface area (Å²) < 4.78 is 49.2. The summed E-state index contributed by atoms with van der Waals surface area (Å²) in [4.78, 5) is 36.5. The Morgan fingerprint density at radius 3 is 2.42 bits per heavy atom. The largest absolute Gasteiger partial charge is 0.459 e. The molecule has 3 fully saturated rings. The van der Waals surface area contributed by atoms with Crippen molar-refractivity contribution in [2.45, 2.75) is 120 Å². The number of carbonyl (C=O) groups is 3. The lowest BCUT2D eigenvalue weighted by molar-refractivity contribution is -0.143. The first-order chi connectivity index (χ1) is 23.5. The first kappa shape index (κ1) is 39.4. The lowest BCUT2D eigenvalue weighted by Gasteiger charge is -2.39. The lowest BCUT2D eigenvalue weighted by Crippen LogP contribution is -2.50. The number of hydrogen-bond acceptors (Lipinski definition) is 9. The number of hydrogen-bond donors (Lipinski definition) is 2. The lowest BCUT2D eigenvalue weighted by atomic mass is 9.88. The smallest absolute Gasteiger partial charge is 0.303 e. The van der Waals surface area contributed by atoms with Gasteiger partial charge in [-0.2, -0.15) is 0 Å². The van der Waals surface area contributed by atoms with Gasteiger partial charge in [0.2, 0.25) is 21.8 Å². The molecule has 1 aromatic carbocycles. The normalized spacial score (nSPS) is 29.3. The van der Waals surface area contributed by atoms with E-state index in [0.717, 1.165) is 34.7 Å². The standard InChI is InChI=1S/C37H53N3O9S/c1-24(9-16-34-25(2)18-33(27(4)48-34)39-35(42)17-10-26(3)47-28(5)41)8-13-30-20-37(23-46-37)21-31(49-30)19-36(43)38-22-29-11-14-32(15-12-29)50(44,45)40(6)7/h8-15,17,25-27,30-31,33-34H,16,18-23H2,1-7H3,(H,38,43)(H,39,42)/b13-8+,17-10-,24-9+/t25-,26?,27+,30+,31+,33+,34-,37+/m0/s1. The molecule has 2 N–H and O–H groups in total. The molecular weight excluding hydrogens is 662 g/mol. The van der Waals surface area contributed by atoms with Crippen molar-refractivity contribution in [2.75, 3.05) is 20.7 Å². The fourth-order valence-electron chi connectivity index (χ4n) is 6.35. The van der Waals surface area contributed by atoms with Crippen molar-refractivity contribution in [3.05, 3.63) is 65.8 Å². The summed E-state index contributed by atoms with van der Waals surface area (Å²) in [6.45, 7) is 10.1. The van der Waals surface area contributed by atoms with E-state index in [1.807, 2.05) is 26.0 Å². The highest BCUT2D eigenvalue weighted by atomic mass is 32.2. The molecule has 12 nitrogen and oxygen atoms in total. The molecule has 0 radical (unpaired) electrons. The van der Waals surface area contributed by atoms with Crippen molar-refractivity contribution >= 4 is 27.8 Å². The second-order valence-electron chi connectivity index (χ2n) is 14.0. The van der Waals surface area contributed by atoms with Crippen LogP contribution in [0.15, 0.2) is 65.1 Å². The minimum Gasteiger partial charge on any atom is -0.459 e. The molecule has 276 valence electrons. The van der Waals surface area contributed by atoms with Gasteiger partial charge in [0.05, 0.1) is 54.0 Å². The van der Waals surface area contributed by atoms with Gasteiger partial charge in [-0.3, -0.25) is 14.4 Å². The van der Waals surface area contributed by atoms with E-state index in [0.29, 0.717) is 13.0 Å². The van der Waals surface area contributed by atoms with Gasteiger partial charge < -0.3 is 29.6 Å². The van der Waals surface area contributed by atoms with Crippen molar-refractivity contribution in [3.63, 3.8) is 0 Å². The number of rotatable bonds is 14. The molecule has 3 aliphatic heterocycles. The topological polar surface area (TPSA) is 153 Å². The summed E-state index contributed by atoms with van der Waals surface area (Å²) in [6.07, 6.45) is 11.2. The Morgan fingerprint density at radius 2 is 1.78 bits per heavy atom. The fourth-order valence-corrected chi connectivity index (χ4v) is 7.25. The van der Waals surface area contributed by atoms with E-state index in [-0.39, 0.29) is 71.7 Å². The first-order valence-electron chi connectivity index (χ1n) is 17.3. The molecule has 0 aromatic heterocycles. The number of benzene rings is 1. The van der Waals surface area contributed by atoms with Crippen molar-refractivity contribution < 1.29 is 41.7 Å². The monoisotopic (exact) mass is 715 g/mol. The van der Waals surface area contributed by atoms with Gasteiger partial charge in [0.25, 0.3) is 0 Å². The van der Waals surface area contributed by atoms with E-state index in [2.05, 4.69) is 23.6 Å². The molecule has 1 unspecified atom stereocenters. The number of nitrogens with one attached hydrogen (secondary N) is 2. The summed E-state index contributed by atoms with van der Waals surface area (Å²) in [6, 6.07) is 6.37. The zero-order chi connectivity index (χ0) is 36.6. The van der Waals surface area contributed by atoms with Gasteiger partial charge in [0.1, 0.15) is 6.10 Å².